The second-order valence-electron chi connectivity index (χ2n) is 4.35. The lowest BCUT2D eigenvalue weighted by atomic mass is 10.1. The number of carboxylic acids is 1. The van der Waals surface area contributed by atoms with Crippen molar-refractivity contribution in [2.45, 2.75) is 12.7 Å². The molecule has 1 heterocycles. The van der Waals surface area contributed by atoms with E-state index in [0.717, 1.165) is 10.8 Å². The van der Waals surface area contributed by atoms with E-state index in [4.69, 9.17) is 9.84 Å². The number of aromatic nitrogens is 1. The molecule has 21 heavy (non-hydrogen) atoms. The van der Waals surface area contributed by atoms with Crippen LogP contribution in [0.4, 0.5) is 17.6 Å². The fourth-order valence-electron chi connectivity index (χ4n) is 2.17. The summed E-state index contributed by atoms with van der Waals surface area (Å²) >= 11 is 0. The predicted molar refractivity (Wildman–Crippen MR) is 65.7 cm³/mol. The standard InChI is InChI=1S/C13H11F4NO3/c1-21-5-4-18-6-7(12(19)20)10-8(13(15,16)17)2-3-9(14)11(10)18/h2-3,6H,4-5H2,1H3,(H,19,20). The van der Waals surface area contributed by atoms with Gasteiger partial charge in [-0.15, -0.1) is 0 Å². The molecular formula is C13H11F4NO3. The first kappa shape index (κ1) is 15.3. The van der Waals surface area contributed by atoms with Crippen molar-refractivity contribution in [1.82, 2.24) is 4.57 Å². The molecule has 1 aromatic carbocycles. The monoisotopic (exact) mass is 305 g/mol. The third-order valence-electron chi connectivity index (χ3n) is 3.04. The molecule has 0 amide bonds. The molecule has 1 aromatic heterocycles. The van der Waals surface area contributed by atoms with Gasteiger partial charge in [-0.2, -0.15) is 13.2 Å². The van der Waals surface area contributed by atoms with Gasteiger partial charge in [0.05, 0.1) is 23.3 Å². The van der Waals surface area contributed by atoms with Crippen molar-refractivity contribution in [3.05, 3.63) is 35.3 Å². The van der Waals surface area contributed by atoms with Crippen LogP contribution in [0, 0.1) is 5.82 Å². The molecule has 0 aliphatic carbocycles. The molecule has 0 aliphatic rings. The number of nitrogens with zero attached hydrogens (tertiary/aromatic N) is 1. The Morgan fingerprint density at radius 2 is 2.05 bits per heavy atom. The lowest BCUT2D eigenvalue weighted by molar-refractivity contribution is -0.136. The summed E-state index contributed by atoms with van der Waals surface area (Å²) in [7, 11) is 1.38. The first-order valence-electron chi connectivity index (χ1n) is 5.88. The van der Waals surface area contributed by atoms with Gasteiger partial charge in [-0.05, 0) is 12.1 Å². The molecule has 4 nitrogen and oxygen atoms in total. The van der Waals surface area contributed by atoms with Gasteiger partial charge >= 0.3 is 12.1 Å². The smallest absolute Gasteiger partial charge is 0.417 e. The molecule has 0 unspecified atom stereocenters. The fraction of sp³-hybridized carbons (Fsp3) is 0.308. The quantitative estimate of drug-likeness (QED) is 0.883. The molecule has 0 bridgehead atoms. The van der Waals surface area contributed by atoms with Crippen LogP contribution in [0.1, 0.15) is 15.9 Å². The first-order valence-corrected chi connectivity index (χ1v) is 5.88. The average molecular weight is 305 g/mol. The number of carboxylic acid groups (broad SMARTS) is 1. The van der Waals surface area contributed by atoms with Gasteiger partial charge in [0.1, 0.15) is 5.82 Å². The highest BCUT2D eigenvalue weighted by atomic mass is 19.4. The molecule has 0 radical (unpaired) electrons. The maximum Gasteiger partial charge on any atom is 0.417 e. The average Bonchev–Trinajstić information content (AvgIpc) is 2.75. The van der Waals surface area contributed by atoms with E-state index < -0.39 is 34.5 Å². The normalized spacial score (nSPS) is 12.0. The van der Waals surface area contributed by atoms with Crippen molar-refractivity contribution in [1.29, 1.82) is 0 Å². The summed E-state index contributed by atoms with van der Waals surface area (Å²) in [6, 6.07) is 1.23. The van der Waals surface area contributed by atoms with E-state index in [2.05, 4.69) is 0 Å². The molecule has 2 aromatic rings. The topological polar surface area (TPSA) is 51.5 Å². The molecule has 0 aliphatic heterocycles. The zero-order valence-corrected chi connectivity index (χ0v) is 10.9. The number of fused-ring (bicyclic) bond motifs is 1. The zero-order valence-electron chi connectivity index (χ0n) is 10.9. The third-order valence-corrected chi connectivity index (χ3v) is 3.04. The Balaban J connectivity index is 2.82. The van der Waals surface area contributed by atoms with Gasteiger partial charge in [0.15, 0.2) is 0 Å². The number of methoxy groups -OCH3 is 1. The van der Waals surface area contributed by atoms with Crippen LogP contribution in [0.15, 0.2) is 18.3 Å². The number of carbonyl (C=O) groups is 1. The number of hydrogen-bond acceptors (Lipinski definition) is 2. The second kappa shape index (κ2) is 5.36. The summed E-state index contributed by atoms with van der Waals surface area (Å²) in [6.07, 6.45) is -3.78. The van der Waals surface area contributed by atoms with E-state index in [0.29, 0.717) is 12.1 Å². The summed E-state index contributed by atoms with van der Waals surface area (Å²) in [5.41, 5.74) is -2.15. The minimum Gasteiger partial charge on any atom is -0.478 e. The van der Waals surface area contributed by atoms with E-state index in [1.54, 1.807) is 0 Å². The Morgan fingerprint density at radius 3 is 2.57 bits per heavy atom. The van der Waals surface area contributed by atoms with Gasteiger partial charge in [0.2, 0.25) is 0 Å². The lowest BCUT2D eigenvalue weighted by Gasteiger charge is -2.10. The summed E-state index contributed by atoms with van der Waals surface area (Å²) in [4.78, 5) is 11.2. The summed E-state index contributed by atoms with van der Waals surface area (Å²) in [5, 5.41) is 8.42. The van der Waals surface area contributed by atoms with Gasteiger partial charge in [-0.1, -0.05) is 0 Å². The number of hydrogen-bond donors (Lipinski definition) is 1. The Labute approximate surface area is 116 Å². The third kappa shape index (κ3) is 2.71. The Kier molecular flexibility index (Phi) is 3.91. The fourth-order valence-corrected chi connectivity index (χ4v) is 2.17. The highest BCUT2D eigenvalue weighted by Gasteiger charge is 2.36. The Morgan fingerprint density at radius 1 is 1.38 bits per heavy atom. The molecule has 0 saturated carbocycles. The van der Waals surface area contributed by atoms with E-state index in [-0.39, 0.29) is 18.7 Å². The predicted octanol–water partition coefficient (Wildman–Crippen LogP) is 3.14. The van der Waals surface area contributed by atoms with Crippen LogP contribution >= 0.6 is 0 Å². The molecule has 0 spiro atoms. The van der Waals surface area contributed by atoms with Crippen LogP contribution in [0.5, 0.6) is 0 Å². The van der Waals surface area contributed by atoms with Crippen molar-refractivity contribution in [3.8, 4) is 0 Å². The van der Waals surface area contributed by atoms with Crippen molar-refractivity contribution in [2.24, 2.45) is 0 Å². The van der Waals surface area contributed by atoms with E-state index >= 15 is 0 Å². The summed E-state index contributed by atoms with van der Waals surface area (Å²) in [6.45, 7) is 0.150. The minimum absolute atomic E-state index is 0.0402. The second-order valence-corrected chi connectivity index (χ2v) is 4.35. The molecule has 0 saturated heterocycles. The summed E-state index contributed by atoms with van der Waals surface area (Å²) < 4.78 is 58.8. The van der Waals surface area contributed by atoms with E-state index in [9.17, 15) is 22.4 Å². The molecule has 2 rings (SSSR count). The number of halogens is 4. The van der Waals surface area contributed by atoms with Crippen LogP contribution in [-0.2, 0) is 17.5 Å². The van der Waals surface area contributed by atoms with Gasteiger partial charge < -0.3 is 14.4 Å². The van der Waals surface area contributed by atoms with Crippen LogP contribution in [0.25, 0.3) is 10.9 Å². The number of aromatic carboxylic acids is 1. The zero-order chi connectivity index (χ0) is 15.8. The van der Waals surface area contributed by atoms with Gasteiger partial charge in [0.25, 0.3) is 0 Å². The molecule has 8 heteroatoms. The number of alkyl halides is 3. The molecular weight excluding hydrogens is 294 g/mol. The SMILES string of the molecule is COCCn1cc(C(=O)O)c2c(C(F)(F)F)ccc(F)c21. The van der Waals surface area contributed by atoms with Crippen molar-refractivity contribution in [3.63, 3.8) is 0 Å². The summed E-state index contributed by atoms with van der Waals surface area (Å²) in [5.74, 6) is -2.46. The van der Waals surface area contributed by atoms with Crippen molar-refractivity contribution in [2.75, 3.05) is 13.7 Å². The van der Waals surface area contributed by atoms with Crippen molar-refractivity contribution >= 4 is 16.9 Å². The molecule has 114 valence electrons. The van der Waals surface area contributed by atoms with Gasteiger partial charge in [-0.25, -0.2) is 9.18 Å². The van der Waals surface area contributed by atoms with Gasteiger partial charge in [0, 0.05) is 25.2 Å². The van der Waals surface area contributed by atoms with Crippen LogP contribution in [0.3, 0.4) is 0 Å². The lowest BCUT2D eigenvalue weighted by Crippen LogP contribution is -2.08. The minimum atomic E-state index is -4.77. The van der Waals surface area contributed by atoms with Crippen LogP contribution in [0.2, 0.25) is 0 Å². The van der Waals surface area contributed by atoms with Gasteiger partial charge in [-0.3, -0.25) is 0 Å². The highest BCUT2D eigenvalue weighted by molar-refractivity contribution is 6.05. The van der Waals surface area contributed by atoms with Crippen molar-refractivity contribution < 1.29 is 32.2 Å². The number of rotatable bonds is 4. The molecule has 1 N–H and O–H groups in total. The maximum absolute atomic E-state index is 13.9. The highest BCUT2D eigenvalue weighted by Crippen LogP contribution is 2.38. The number of benzene rings is 1. The van der Waals surface area contributed by atoms with Crippen LogP contribution in [-0.4, -0.2) is 29.4 Å². The molecule has 0 atom stereocenters. The maximum atomic E-state index is 13.9. The largest absolute Gasteiger partial charge is 0.478 e. The first-order chi connectivity index (χ1) is 9.77. The van der Waals surface area contributed by atoms with E-state index in [1.807, 2.05) is 0 Å². The van der Waals surface area contributed by atoms with Crippen LogP contribution < -0.4 is 0 Å². The number of ether oxygens (including phenoxy) is 1. The Bertz CT molecular complexity index is 691. The Hall–Kier alpha value is -2.09. The molecule has 0 fully saturated rings. The van der Waals surface area contributed by atoms with E-state index in [1.165, 1.54) is 7.11 Å².